The number of nitrogens with zero attached hydrogens (tertiary/aromatic N) is 1. The van der Waals surface area contributed by atoms with E-state index in [9.17, 15) is 9.59 Å². The van der Waals surface area contributed by atoms with E-state index in [1.165, 1.54) is 56.3 Å². The number of allylic oxidation sites excluding steroid dienone is 1. The van der Waals surface area contributed by atoms with E-state index >= 15 is 0 Å². The Labute approximate surface area is 283 Å². The minimum absolute atomic E-state index is 0.0675. The summed E-state index contributed by atoms with van der Waals surface area (Å²) >= 11 is 0. The maximum absolute atomic E-state index is 14.0. The Morgan fingerprint density at radius 2 is 1.64 bits per heavy atom. The molecule has 0 amide bonds. The minimum atomic E-state index is -0.855. The average molecular weight is 659 g/mol. The van der Waals surface area contributed by atoms with Crippen LogP contribution >= 0.6 is 0 Å². The van der Waals surface area contributed by atoms with E-state index in [-0.39, 0.29) is 30.1 Å². The molecule has 0 bridgehead atoms. The normalized spacial score (nSPS) is 34.5. The highest BCUT2D eigenvalue weighted by Crippen LogP contribution is 2.43. The molecule has 5 aliphatic rings. The minimum Gasteiger partial charge on any atom is -0.481 e. The lowest BCUT2D eigenvalue weighted by molar-refractivity contribution is -0.863. The van der Waals surface area contributed by atoms with Gasteiger partial charge in [0.15, 0.2) is 17.4 Å². The Morgan fingerprint density at radius 3 is 2.30 bits per heavy atom. The van der Waals surface area contributed by atoms with Gasteiger partial charge in [0.25, 0.3) is 0 Å². The molecule has 0 aromatic rings. The predicted octanol–water partition coefficient (Wildman–Crippen LogP) is 6.60. The number of hydrogen-bond donors (Lipinski definition) is 3. The number of hydrogen-bond acceptors (Lipinski definition) is 7. The molecule has 8 atom stereocenters. The van der Waals surface area contributed by atoms with Crippen LogP contribution in [0.3, 0.4) is 0 Å². The van der Waals surface area contributed by atoms with Gasteiger partial charge in [-0.1, -0.05) is 89.7 Å². The van der Waals surface area contributed by atoms with Crippen molar-refractivity contribution in [2.45, 2.75) is 197 Å². The smallest absolute Gasteiger partial charge is 0.320 e. The molecule has 9 heteroatoms. The first kappa shape index (κ1) is 36.3. The molecule has 5 rings (SSSR count). The fraction of sp³-hybridized carbons (Fsp3) is 0.868. The summed E-state index contributed by atoms with van der Waals surface area (Å²) in [6, 6.07) is 0.512. The lowest BCUT2D eigenvalue weighted by Crippen LogP contribution is -3.25. The van der Waals surface area contributed by atoms with Crippen LogP contribution in [-0.2, 0) is 23.8 Å². The van der Waals surface area contributed by atoms with Gasteiger partial charge in [-0.3, -0.25) is 19.8 Å². The van der Waals surface area contributed by atoms with Gasteiger partial charge in [0.2, 0.25) is 0 Å². The maximum Gasteiger partial charge on any atom is 0.320 e. The molecule has 3 saturated heterocycles. The van der Waals surface area contributed by atoms with Crippen LogP contribution in [-0.4, -0.2) is 65.4 Å². The molecule has 1 unspecified atom stereocenters. The number of esters is 1. The number of rotatable bonds is 18. The molecule has 5 aliphatic heterocycles. The number of aliphatic carboxylic acids is 1. The number of carbonyl (C=O) groups excluding carboxylic acids is 1. The van der Waals surface area contributed by atoms with Crippen LogP contribution in [0.4, 0.5) is 0 Å². The number of guanidine groups is 1. The van der Waals surface area contributed by atoms with Crippen molar-refractivity contribution in [1.29, 1.82) is 0 Å². The van der Waals surface area contributed by atoms with Crippen molar-refractivity contribution in [1.82, 2.24) is 5.32 Å². The van der Waals surface area contributed by atoms with E-state index < -0.39 is 17.4 Å². The van der Waals surface area contributed by atoms with Gasteiger partial charge < -0.3 is 19.3 Å². The Morgan fingerprint density at radius 1 is 0.957 bits per heavy atom. The first-order valence-electron chi connectivity index (χ1n) is 19.5. The van der Waals surface area contributed by atoms with Gasteiger partial charge in [0.1, 0.15) is 6.04 Å². The van der Waals surface area contributed by atoms with Gasteiger partial charge in [-0.2, -0.15) is 4.99 Å². The summed E-state index contributed by atoms with van der Waals surface area (Å²) in [4.78, 5) is 31.2. The van der Waals surface area contributed by atoms with Crippen molar-refractivity contribution >= 4 is 17.9 Å². The second kappa shape index (κ2) is 17.6. The highest BCUT2D eigenvalue weighted by Gasteiger charge is 2.65. The molecule has 3 N–H and O–H groups in total. The molecule has 0 radical (unpaired) electrons. The zero-order chi connectivity index (χ0) is 33.1. The summed E-state index contributed by atoms with van der Waals surface area (Å²) in [5, 5.41) is 12.5. The van der Waals surface area contributed by atoms with E-state index in [4.69, 9.17) is 24.3 Å². The molecule has 3 fully saturated rings. The summed E-state index contributed by atoms with van der Waals surface area (Å²) in [5.41, 5.74) is -1.27. The Bertz CT molecular complexity index is 1080. The van der Waals surface area contributed by atoms with Crippen molar-refractivity contribution < 1.29 is 33.8 Å². The van der Waals surface area contributed by atoms with Gasteiger partial charge in [-0.15, -0.1) is 0 Å². The molecular weight excluding hydrogens is 594 g/mol. The lowest BCUT2D eigenvalue weighted by Gasteiger charge is -2.51. The number of aliphatic imine (C=N–C) groups is 1. The van der Waals surface area contributed by atoms with Gasteiger partial charge in [-0.05, 0) is 58.3 Å². The zero-order valence-corrected chi connectivity index (χ0v) is 29.4. The van der Waals surface area contributed by atoms with E-state index in [2.05, 4.69) is 31.3 Å². The first-order valence-corrected chi connectivity index (χ1v) is 19.5. The number of carboxylic acids is 1. The van der Waals surface area contributed by atoms with E-state index in [1.54, 1.807) is 0 Å². The average Bonchev–Trinajstić information content (AvgIpc) is 3.34. The number of nitrogens with one attached hydrogen (secondary N) is 2. The standard InChI is InChI=1S/C38H63N3O6/c1-3-31-21-16-17-25-37(47-31)28-30-23-24-32-34(38(26-19-20-29(2)46-38)40-36(39-37)41(30)32)35(44)45-27-18-14-12-10-8-6-4-5-7-9-11-13-15-22-33(42)43/h16,21,29-32,34H,3-15,17-20,22-28H2,1-2H3,(H,39,40)(H,42,43)/p+1/t29-,30+,31+,32-,34-,37+,38-/m1/s1. The summed E-state index contributed by atoms with van der Waals surface area (Å²) in [7, 11) is 0. The zero-order valence-electron chi connectivity index (χ0n) is 29.4. The second-order valence-corrected chi connectivity index (χ2v) is 15.2. The number of carbonyl (C=O) groups is 2. The van der Waals surface area contributed by atoms with E-state index in [1.807, 2.05) is 0 Å². The molecule has 266 valence electrons. The van der Waals surface area contributed by atoms with Crippen LogP contribution in [0.25, 0.3) is 0 Å². The van der Waals surface area contributed by atoms with Crippen molar-refractivity contribution in [3.63, 3.8) is 0 Å². The summed E-state index contributed by atoms with van der Waals surface area (Å²) < 4.78 is 19.5. The summed E-state index contributed by atoms with van der Waals surface area (Å²) in [5.74, 6) is -0.203. The van der Waals surface area contributed by atoms with Gasteiger partial charge >= 0.3 is 17.9 Å². The fourth-order valence-corrected chi connectivity index (χ4v) is 9.09. The van der Waals surface area contributed by atoms with Crippen molar-refractivity contribution in [3.05, 3.63) is 12.2 Å². The SMILES string of the molecule is CC[C@H]1C=CCC[C@@]2(C[C@@H]3CC[C@@H]4[C@H](C(=O)OCCCCCCCCCCCCCCCC(=O)O)[C@]5(CCC[C@@H](C)O5)N=C(N2)[NH+]34)O1. The number of quaternary nitrogens is 1. The molecule has 0 aliphatic carbocycles. The predicted molar refractivity (Wildman–Crippen MR) is 183 cm³/mol. The number of carboxylic acid groups (broad SMARTS) is 1. The van der Waals surface area contributed by atoms with Gasteiger partial charge in [0.05, 0.1) is 24.9 Å². The molecule has 0 aromatic carbocycles. The van der Waals surface area contributed by atoms with Crippen LogP contribution in [0.1, 0.15) is 162 Å². The van der Waals surface area contributed by atoms with Crippen molar-refractivity contribution in [2.75, 3.05) is 6.61 Å². The van der Waals surface area contributed by atoms with E-state index in [0.29, 0.717) is 19.1 Å². The molecule has 9 nitrogen and oxygen atoms in total. The lowest BCUT2D eigenvalue weighted by atomic mass is 9.80. The first-order chi connectivity index (χ1) is 22.8. The summed E-state index contributed by atoms with van der Waals surface area (Å²) in [6.07, 6.45) is 28.7. The van der Waals surface area contributed by atoms with Crippen LogP contribution < -0.4 is 10.2 Å². The van der Waals surface area contributed by atoms with Crippen LogP contribution in [0.5, 0.6) is 0 Å². The molecule has 0 saturated carbocycles. The quantitative estimate of drug-likeness (QED) is 0.0865. The summed E-state index contributed by atoms with van der Waals surface area (Å²) in [6.45, 7) is 4.79. The van der Waals surface area contributed by atoms with E-state index in [0.717, 1.165) is 95.9 Å². The van der Waals surface area contributed by atoms with Crippen LogP contribution in [0.15, 0.2) is 17.1 Å². The van der Waals surface area contributed by atoms with Crippen LogP contribution in [0, 0.1) is 5.92 Å². The Hall–Kier alpha value is -1.97. The second-order valence-electron chi connectivity index (χ2n) is 15.2. The third-order valence-corrected chi connectivity index (χ3v) is 11.5. The highest BCUT2D eigenvalue weighted by atomic mass is 16.6. The third-order valence-electron chi connectivity index (χ3n) is 11.5. The number of unbranched alkanes of at least 4 members (excludes halogenated alkanes) is 12. The van der Waals surface area contributed by atoms with Gasteiger partial charge in [0, 0.05) is 25.7 Å². The largest absolute Gasteiger partial charge is 0.481 e. The van der Waals surface area contributed by atoms with Crippen molar-refractivity contribution in [3.8, 4) is 0 Å². The molecular formula is C38H64N3O6+. The Kier molecular flexibility index (Phi) is 13.6. The fourth-order valence-electron chi connectivity index (χ4n) is 9.09. The monoisotopic (exact) mass is 658 g/mol. The van der Waals surface area contributed by atoms with Crippen molar-refractivity contribution in [2.24, 2.45) is 10.9 Å². The third kappa shape index (κ3) is 9.60. The van der Waals surface area contributed by atoms with Crippen LogP contribution in [0.2, 0.25) is 0 Å². The number of ether oxygens (including phenoxy) is 3. The maximum atomic E-state index is 14.0. The molecule has 2 spiro atoms. The van der Waals surface area contributed by atoms with Gasteiger partial charge in [-0.25, -0.2) is 0 Å². The molecule has 47 heavy (non-hydrogen) atoms. The molecule has 0 aromatic heterocycles. The highest BCUT2D eigenvalue weighted by molar-refractivity contribution is 5.80. The molecule has 5 heterocycles. The topological polar surface area (TPSA) is 111 Å². The Balaban J connectivity index is 1.06.